The van der Waals surface area contributed by atoms with Gasteiger partial charge in [-0.2, -0.15) is 0 Å². The molecular formula is C16H18ClNO. The van der Waals surface area contributed by atoms with Crippen molar-refractivity contribution < 1.29 is 4.74 Å². The minimum atomic E-state index is 0.638. The summed E-state index contributed by atoms with van der Waals surface area (Å²) in [6, 6.07) is 11.8. The summed E-state index contributed by atoms with van der Waals surface area (Å²) < 4.78 is 5.98. The highest BCUT2D eigenvalue weighted by Gasteiger charge is 2.06. The van der Waals surface area contributed by atoms with Crippen LogP contribution in [0.3, 0.4) is 0 Å². The molecule has 0 spiro atoms. The molecule has 2 nitrogen and oxygen atoms in total. The van der Waals surface area contributed by atoms with Crippen molar-refractivity contribution in [3.63, 3.8) is 0 Å². The predicted octanol–water partition coefficient (Wildman–Crippen LogP) is 4.25. The van der Waals surface area contributed by atoms with E-state index in [-0.39, 0.29) is 0 Å². The maximum Gasteiger partial charge on any atom is 0.131 e. The first kappa shape index (κ1) is 13.9. The number of rotatable bonds is 4. The number of aryl methyl sites for hydroxylation is 2. The maximum absolute atomic E-state index is 6.01. The molecule has 0 fully saturated rings. The van der Waals surface area contributed by atoms with Crippen LogP contribution in [0.2, 0.25) is 5.02 Å². The number of hydrogen-bond acceptors (Lipinski definition) is 2. The van der Waals surface area contributed by atoms with Crippen molar-refractivity contribution in [1.29, 1.82) is 0 Å². The molecule has 0 radical (unpaired) electrons. The first-order valence-corrected chi connectivity index (χ1v) is 6.71. The largest absolute Gasteiger partial charge is 0.457 e. The van der Waals surface area contributed by atoms with Crippen LogP contribution in [-0.2, 0) is 6.42 Å². The Bertz CT molecular complexity index is 581. The number of ether oxygens (including phenoxy) is 1. The molecule has 2 aromatic rings. The van der Waals surface area contributed by atoms with E-state index in [2.05, 4.69) is 12.1 Å². The van der Waals surface area contributed by atoms with E-state index in [1.165, 1.54) is 5.56 Å². The molecule has 0 atom stereocenters. The Morgan fingerprint density at radius 3 is 2.32 bits per heavy atom. The molecule has 0 saturated heterocycles. The standard InChI is InChI=1S/C16H18ClNO/c1-11-3-5-13(7-8-18)9-15(11)19-16-10-14(17)6-4-12(16)2/h3-6,9-10H,7-8,18H2,1-2H3. The summed E-state index contributed by atoms with van der Waals surface area (Å²) >= 11 is 6.01. The molecule has 0 saturated carbocycles. The molecule has 3 heteroatoms. The average Bonchev–Trinajstić information content (AvgIpc) is 2.38. The van der Waals surface area contributed by atoms with Crippen molar-refractivity contribution >= 4 is 11.6 Å². The number of nitrogens with two attached hydrogens (primary N) is 1. The molecule has 0 aromatic heterocycles. The van der Waals surface area contributed by atoms with Gasteiger partial charge in [0.2, 0.25) is 0 Å². The van der Waals surface area contributed by atoms with Gasteiger partial charge in [0, 0.05) is 5.02 Å². The summed E-state index contributed by atoms with van der Waals surface area (Å²) in [5, 5.41) is 0.677. The van der Waals surface area contributed by atoms with Gasteiger partial charge in [0.05, 0.1) is 0 Å². The van der Waals surface area contributed by atoms with Crippen LogP contribution in [0.1, 0.15) is 16.7 Å². The van der Waals surface area contributed by atoms with Crippen LogP contribution >= 0.6 is 11.6 Å². The monoisotopic (exact) mass is 275 g/mol. The second-order valence-corrected chi connectivity index (χ2v) is 5.09. The van der Waals surface area contributed by atoms with Crippen LogP contribution in [0, 0.1) is 13.8 Å². The summed E-state index contributed by atoms with van der Waals surface area (Å²) in [5.74, 6) is 1.65. The molecule has 19 heavy (non-hydrogen) atoms. The second-order valence-electron chi connectivity index (χ2n) is 4.65. The molecule has 0 amide bonds. The van der Waals surface area contributed by atoms with Gasteiger partial charge in [-0.1, -0.05) is 29.8 Å². The average molecular weight is 276 g/mol. The Labute approximate surface area is 119 Å². The lowest BCUT2D eigenvalue weighted by Gasteiger charge is -2.12. The highest BCUT2D eigenvalue weighted by atomic mass is 35.5. The summed E-state index contributed by atoms with van der Waals surface area (Å²) in [5.41, 5.74) is 8.93. The van der Waals surface area contributed by atoms with E-state index in [0.29, 0.717) is 11.6 Å². The van der Waals surface area contributed by atoms with Crippen molar-refractivity contribution in [1.82, 2.24) is 0 Å². The van der Waals surface area contributed by atoms with Gasteiger partial charge in [-0.25, -0.2) is 0 Å². The fourth-order valence-corrected chi connectivity index (χ4v) is 2.04. The van der Waals surface area contributed by atoms with Crippen LogP contribution in [0.5, 0.6) is 11.5 Å². The van der Waals surface area contributed by atoms with Crippen molar-refractivity contribution in [3.8, 4) is 11.5 Å². The molecule has 2 aromatic carbocycles. The van der Waals surface area contributed by atoms with Gasteiger partial charge in [0.1, 0.15) is 11.5 Å². The Kier molecular flexibility index (Phi) is 4.46. The molecule has 0 aliphatic rings. The Balaban J connectivity index is 2.31. The van der Waals surface area contributed by atoms with Crippen LogP contribution in [-0.4, -0.2) is 6.54 Å². The topological polar surface area (TPSA) is 35.2 Å². The third-order valence-corrected chi connectivity index (χ3v) is 3.29. The fourth-order valence-electron chi connectivity index (χ4n) is 1.88. The van der Waals surface area contributed by atoms with Gasteiger partial charge >= 0.3 is 0 Å². The molecular weight excluding hydrogens is 258 g/mol. The van der Waals surface area contributed by atoms with Gasteiger partial charge in [-0.15, -0.1) is 0 Å². The van der Waals surface area contributed by atoms with Gasteiger partial charge in [0.25, 0.3) is 0 Å². The van der Waals surface area contributed by atoms with Crippen LogP contribution in [0.25, 0.3) is 0 Å². The number of benzene rings is 2. The third-order valence-electron chi connectivity index (χ3n) is 3.06. The Morgan fingerprint density at radius 1 is 1.00 bits per heavy atom. The lowest BCUT2D eigenvalue weighted by atomic mass is 10.1. The molecule has 0 heterocycles. The molecule has 0 unspecified atom stereocenters. The third kappa shape index (κ3) is 3.49. The minimum absolute atomic E-state index is 0.638. The summed E-state index contributed by atoms with van der Waals surface area (Å²) in [6.07, 6.45) is 0.852. The van der Waals surface area contributed by atoms with E-state index in [0.717, 1.165) is 29.0 Å². The van der Waals surface area contributed by atoms with E-state index >= 15 is 0 Å². The summed E-state index contributed by atoms with van der Waals surface area (Å²) in [7, 11) is 0. The lowest BCUT2D eigenvalue weighted by molar-refractivity contribution is 0.474. The Hall–Kier alpha value is -1.51. The number of hydrogen-bond donors (Lipinski definition) is 1. The van der Waals surface area contributed by atoms with Gasteiger partial charge in [-0.3, -0.25) is 0 Å². The van der Waals surface area contributed by atoms with Crippen LogP contribution in [0.4, 0.5) is 0 Å². The van der Waals surface area contributed by atoms with E-state index < -0.39 is 0 Å². The first-order valence-electron chi connectivity index (χ1n) is 6.34. The molecule has 100 valence electrons. The van der Waals surface area contributed by atoms with Crippen LogP contribution < -0.4 is 10.5 Å². The summed E-state index contributed by atoms with van der Waals surface area (Å²) in [6.45, 7) is 4.67. The van der Waals surface area contributed by atoms with E-state index in [1.54, 1.807) is 0 Å². The zero-order valence-electron chi connectivity index (χ0n) is 11.2. The highest BCUT2D eigenvalue weighted by Crippen LogP contribution is 2.30. The normalized spacial score (nSPS) is 10.5. The molecule has 2 rings (SSSR count). The van der Waals surface area contributed by atoms with Crippen molar-refractivity contribution in [2.24, 2.45) is 5.73 Å². The smallest absolute Gasteiger partial charge is 0.131 e. The van der Waals surface area contributed by atoms with Crippen LogP contribution in [0.15, 0.2) is 36.4 Å². The molecule has 0 aliphatic carbocycles. The Morgan fingerprint density at radius 2 is 1.63 bits per heavy atom. The van der Waals surface area contributed by atoms with Gasteiger partial charge in [0.15, 0.2) is 0 Å². The molecule has 2 N–H and O–H groups in total. The maximum atomic E-state index is 6.01. The summed E-state index contributed by atoms with van der Waals surface area (Å²) in [4.78, 5) is 0. The SMILES string of the molecule is Cc1ccc(Cl)cc1Oc1cc(CCN)ccc1C. The quantitative estimate of drug-likeness (QED) is 0.905. The zero-order chi connectivity index (χ0) is 13.8. The fraction of sp³-hybridized carbons (Fsp3) is 0.250. The minimum Gasteiger partial charge on any atom is -0.457 e. The second kappa shape index (κ2) is 6.09. The van der Waals surface area contributed by atoms with E-state index in [9.17, 15) is 0 Å². The van der Waals surface area contributed by atoms with Crippen molar-refractivity contribution in [2.45, 2.75) is 20.3 Å². The number of halogens is 1. The van der Waals surface area contributed by atoms with Gasteiger partial charge in [-0.05, 0) is 61.7 Å². The van der Waals surface area contributed by atoms with E-state index in [1.807, 2.05) is 38.1 Å². The van der Waals surface area contributed by atoms with Crippen molar-refractivity contribution in [2.75, 3.05) is 6.54 Å². The molecule has 0 bridgehead atoms. The zero-order valence-corrected chi connectivity index (χ0v) is 12.0. The first-order chi connectivity index (χ1) is 9.10. The predicted molar refractivity (Wildman–Crippen MR) is 80.2 cm³/mol. The van der Waals surface area contributed by atoms with Crippen molar-refractivity contribution in [3.05, 3.63) is 58.1 Å². The highest BCUT2D eigenvalue weighted by molar-refractivity contribution is 6.30. The lowest BCUT2D eigenvalue weighted by Crippen LogP contribution is -2.03. The van der Waals surface area contributed by atoms with E-state index in [4.69, 9.17) is 22.1 Å². The molecule has 0 aliphatic heterocycles. The van der Waals surface area contributed by atoms with Gasteiger partial charge < -0.3 is 10.5 Å².